The lowest BCUT2D eigenvalue weighted by molar-refractivity contribution is 0.00578. The van der Waals surface area contributed by atoms with Gasteiger partial charge in [0.05, 0.1) is 17.7 Å². The summed E-state index contributed by atoms with van der Waals surface area (Å²) in [6.07, 6.45) is -0.305. The number of benzene rings is 1. The maximum atomic E-state index is 11.7. The monoisotopic (exact) mass is 289 g/mol. The van der Waals surface area contributed by atoms with Gasteiger partial charge < -0.3 is 14.0 Å². The Hall–Kier alpha value is -1.53. The zero-order valence-corrected chi connectivity index (χ0v) is 12.9. The highest BCUT2D eigenvalue weighted by atomic mass is 16.7. The fourth-order valence-electron chi connectivity index (χ4n) is 2.45. The molecule has 0 radical (unpaired) electrons. The van der Waals surface area contributed by atoms with E-state index in [1.807, 2.05) is 52.0 Å². The molecule has 6 heteroatoms. The molecule has 2 aliphatic heterocycles. The van der Waals surface area contributed by atoms with Gasteiger partial charge in [0, 0.05) is 5.69 Å². The van der Waals surface area contributed by atoms with Crippen LogP contribution in [0, 0.1) is 0 Å². The molecule has 21 heavy (non-hydrogen) atoms. The molecule has 3 rings (SSSR count). The van der Waals surface area contributed by atoms with Crippen LogP contribution in [-0.2, 0) is 14.0 Å². The maximum Gasteiger partial charge on any atom is 0.494 e. The zero-order valence-electron chi connectivity index (χ0n) is 12.9. The van der Waals surface area contributed by atoms with Gasteiger partial charge in [-0.15, -0.1) is 0 Å². The molecule has 2 fully saturated rings. The predicted octanol–water partition coefficient (Wildman–Crippen LogP) is 1.94. The SMILES string of the molecule is CC1(C)OB(c2cccc(N3CCOC3=O)c2)OC1(C)C. The standard InChI is InChI=1S/C15H20BNO4/c1-14(2)15(3,4)21-16(20-14)11-6-5-7-12(10-11)17-8-9-19-13(17)18/h5-7,10H,8-9H2,1-4H3. The lowest BCUT2D eigenvalue weighted by atomic mass is 9.79. The Bertz CT molecular complexity index is 557. The van der Waals surface area contributed by atoms with Crippen molar-refractivity contribution in [2.24, 2.45) is 0 Å². The Kier molecular flexibility index (Phi) is 3.26. The Morgan fingerprint density at radius 3 is 2.38 bits per heavy atom. The Morgan fingerprint density at radius 2 is 1.81 bits per heavy atom. The summed E-state index contributed by atoms with van der Waals surface area (Å²) < 4.78 is 17.1. The lowest BCUT2D eigenvalue weighted by Gasteiger charge is -2.32. The van der Waals surface area contributed by atoms with Crippen molar-refractivity contribution in [1.82, 2.24) is 0 Å². The third-order valence-corrected chi connectivity index (χ3v) is 4.47. The molecule has 1 aromatic carbocycles. The third kappa shape index (κ3) is 2.42. The second kappa shape index (κ2) is 4.75. The van der Waals surface area contributed by atoms with Crippen LogP contribution in [0.1, 0.15) is 27.7 Å². The van der Waals surface area contributed by atoms with E-state index in [0.29, 0.717) is 13.2 Å². The van der Waals surface area contributed by atoms with Gasteiger partial charge >= 0.3 is 13.2 Å². The number of hydrogen-bond donors (Lipinski definition) is 0. The summed E-state index contributed by atoms with van der Waals surface area (Å²) >= 11 is 0. The number of hydrogen-bond acceptors (Lipinski definition) is 4. The van der Waals surface area contributed by atoms with Crippen molar-refractivity contribution in [3.8, 4) is 0 Å². The van der Waals surface area contributed by atoms with Gasteiger partial charge in [-0.2, -0.15) is 0 Å². The molecule has 1 aromatic rings. The largest absolute Gasteiger partial charge is 0.494 e. The molecule has 0 spiro atoms. The minimum absolute atomic E-state index is 0.305. The van der Waals surface area contributed by atoms with Crippen molar-refractivity contribution < 1.29 is 18.8 Å². The molecular weight excluding hydrogens is 269 g/mol. The molecule has 0 atom stereocenters. The first-order valence-corrected chi connectivity index (χ1v) is 7.20. The van der Waals surface area contributed by atoms with Crippen molar-refractivity contribution in [2.75, 3.05) is 18.1 Å². The number of amides is 1. The van der Waals surface area contributed by atoms with E-state index >= 15 is 0 Å². The van der Waals surface area contributed by atoms with Gasteiger partial charge in [-0.25, -0.2) is 4.79 Å². The van der Waals surface area contributed by atoms with E-state index < -0.39 is 7.12 Å². The summed E-state index contributed by atoms with van der Waals surface area (Å²) in [5.41, 5.74) is 0.969. The zero-order chi connectivity index (χ0) is 15.3. The highest BCUT2D eigenvalue weighted by Crippen LogP contribution is 2.36. The third-order valence-electron chi connectivity index (χ3n) is 4.47. The predicted molar refractivity (Wildman–Crippen MR) is 80.9 cm³/mol. The summed E-state index contributed by atoms with van der Waals surface area (Å²) in [4.78, 5) is 13.3. The van der Waals surface area contributed by atoms with Gasteiger partial charge in [-0.3, -0.25) is 4.90 Å². The molecule has 0 aromatic heterocycles. The smallest absolute Gasteiger partial charge is 0.447 e. The van der Waals surface area contributed by atoms with E-state index in [9.17, 15) is 4.79 Å². The van der Waals surface area contributed by atoms with E-state index in [4.69, 9.17) is 14.0 Å². The van der Waals surface area contributed by atoms with Crippen molar-refractivity contribution in [2.45, 2.75) is 38.9 Å². The first-order chi connectivity index (χ1) is 9.80. The number of rotatable bonds is 2. The van der Waals surface area contributed by atoms with E-state index in [-0.39, 0.29) is 17.3 Å². The summed E-state index contributed by atoms with van der Waals surface area (Å²) in [6.45, 7) is 9.10. The summed E-state index contributed by atoms with van der Waals surface area (Å²) in [6, 6.07) is 7.67. The minimum atomic E-state index is -0.423. The van der Waals surface area contributed by atoms with Crippen LogP contribution in [0.4, 0.5) is 10.5 Å². The van der Waals surface area contributed by atoms with Crippen LogP contribution in [0.25, 0.3) is 0 Å². The highest BCUT2D eigenvalue weighted by Gasteiger charge is 2.51. The molecule has 0 aliphatic carbocycles. The summed E-state index contributed by atoms with van der Waals surface area (Å²) in [5.74, 6) is 0. The Balaban J connectivity index is 1.86. The van der Waals surface area contributed by atoms with E-state index in [1.54, 1.807) is 4.90 Å². The average Bonchev–Trinajstić information content (AvgIpc) is 2.92. The van der Waals surface area contributed by atoms with Crippen molar-refractivity contribution in [1.29, 1.82) is 0 Å². The van der Waals surface area contributed by atoms with Crippen LogP contribution >= 0.6 is 0 Å². The van der Waals surface area contributed by atoms with Gasteiger partial charge in [-0.05, 0) is 45.3 Å². The van der Waals surface area contributed by atoms with Crippen LogP contribution in [-0.4, -0.2) is 37.6 Å². The quantitative estimate of drug-likeness (QED) is 0.781. The average molecular weight is 289 g/mol. The number of anilines is 1. The van der Waals surface area contributed by atoms with Crippen LogP contribution in [0.5, 0.6) is 0 Å². The first kappa shape index (κ1) is 14.4. The Labute approximate surface area is 125 Å². The summed E-state index contributed by atoms with van der Waals surface area (Å²) in [7, 11) is -0.423. The van der Waals surface area contributed by atoms with Crippen LogP contribution in [0.3, 0.4) is 0 Å². The van der Waals surface area contributed by atoms with Gasteiger partial charge in [0.25, 0.3) is 0 Å². The number of carbonyl (C=O) groups excluding carboxylic acids is 1. The molecule has 0 saturated carbocycles. The lowest BCUT2D eigenvalue weighted by Crippen LogP contribution is -2.41. The van der Waals surface area contributed by atoms with Crippen LogP contribution in [0.2, 0.25) is 0 Å². The van der Waals surface area contributed by atoms with Crippen molar-refractivity contribution in [3.63, 3.8) is 0 Å². The van der Waals surface area contributed by atoms with E-state index in [2.05, 4.69) is 0 Å². The van der Waals surface area contributed by atoms with Gasteiger partial charge in [-0.1, -0.05) is 12.1 Å². The van der Waals surface area contributed by atoms with Crippen LogP contribution in [0.15, 0.2) is 24.3 Å². The Morgan fingerprint density at radius 1 is 1.14 bits per heavy atom. The molecule has 0 bridgehead atoms. The number of carbonyl (C=O) groups is 1. The number of cyclic esters (lactones) is 1. The molecule has 2 heterocycles. The van der Waals surface area contributed by atoms with Gasteiger partial charge in [0.2, 0.25) is 0 Å². The number of nitrogens with zero attached hydrogens (tertiary/aromatic N) is 1. The minimum Gasteiger partial charge on any atom is -0.447 e. The molecule has 5 nitrogen and oxygen atoms in total. The molecule has 2 saturated heterocycles. The molecule has 0 N–H and O–H groups in total. The van der Waals surface area contributed by atoms with E-state index in [0.717, 1.165) is 11.2 Å². The van der Waals surface area contributed by atoms with Gasteiger partial charge in [0.15, 0.2) is 0 Å². The topological polar surface area (TPSA) is 48.0 Å². The molecule has 0 unspecified atom stereocenters. The fraction of sp³-hybridized carbons (Fsp3) is 0.533. The van der Waals surface area contributed by atoms with E-state index in [1.165, 1.54) is 0 Å². The fourth-order valence-corrected chi connectivity index (χ4v) is 2.45. The molecular formula is C15H20BNO4. The second-order valence-electron chi connectivity index (χ2n) is 6.45. The molecule has 112 valence electrons. The second-order valence-corrected chi connectivity index (χ2v) is 6.45. The van der Waals surface area contributed by atoms with Crippen molar-refractivity contribution >= 4 is 24.4 Å². The van der Waals surface area contributed by atoms with Gasteiger partial charge in [0.1, 0.15) is 6.61 Å². The molecule has 1 amide bonds. The normalized spacial score (nSPS) is 23.5. The molecule has 2 aliphatic rings. The highest BCUT2D eigenvalue weighted by molar-refractivity contribution is 6.62. The van der Waals surface area contributed by atoms with Crippen LogP contribution < -0.4 is 10.4 Å². The first-order valence-electron chi connectivity index (χ1n) is 7.20. The number of ether oxygens (including phenoxy) is 1. The summed E-state index contributed by atoms with van der Waals surface area (Å²) in [5, 5.41) is 0. The maximum absolute atomic E-state index is 11.7. The van der Waals surface area contributed by atoms with Crippen molar-refractivity contribution in [3.05, 3.63) is 24.3 Å².